The van der Waals surface area contributed by atoms with Gasteiger partial charge in [0.2, 0.25) is 5.88 Å². The van der Waals surface area contributed by atoms with E-state index >= 15 is 0 Å². The summed E-state index contributed by atoms with van der Waals surface area (Å²) in [5.74, 6) is -0.168. The van der Waals surface area contributed by atoms with Crippen LogP contribution in [0.3, 0.4) is 0 Å². The van der Waals surface area contributed by atoms with Gasteiger partial charge in [0.05, 0.1) is 37.7 Å². The highest BCUT2D eigenvalue weighted by molar-refractivity contribution is 5.97. The zero-order chi connectivity index (χ0) is 28.5. The van der Waals surface area contributed by atoms with Gasteiger partial charge >= 0.3 is 6.03 Å². The number of hydrogen-bond donors (Lipinski definition) is 3. The maximum Gasteiger partial charge on any atom is 0.320 e. The third-order valence-corrected chi connectivity index (χ3v) is 6.02. The van der Waals surface area contributed by atoms with Gasteiger partial charge in [-0.2, -0.15) is 10.2 Å². The number of anilines is 1. The van der Waals surface area contributed by atoms with Crippen molar-refractivity contribution in [2.45, 2.75) is 13.0 Å². The lowest BCUT2D eigenvalue weighted by atomic mass is 10.1. The van der Waals surface area contributed by atoms with Crippen molar-refractivity contribution >= 4 is 17.8 Å². The van der Waals surface area contributed by atoms with Gasteiger partial charge in [0.25, 0.3) is 5.91 Å². The Kier molecular flexibility index (Phi) is 9.96. The molecule has 214 valence electrons. The van der Waals surface area contributed by atoms with Crippen LogP contribution in [0.2, 0.25) is 0 Å². The Hall–Kier alpha value is -4.11. The first-order valence-corrected chi connectivity index (χ1v) is 12.6. The first-order chi connectivity index (χ1) is 19.4. The number of amides is 3. The summed E-state index contributed by atoms with van der Waals surface area (Å²) in [6, 6.07) is 10.2. The minimum absolute atomic E-state index is 0.0568. The van der Waals surface area contributed by atoms with E-state index in [0.717, 1.165) is 0 Å². The predicted molar refractivity (Wildman–Crippen MR) is 143 cm³/mol. The Bertz CT molecular complexity index is 1310. The number of halogens is 1. The summed E-state index contributed by atoms with van der Waals surface area (Å²) in [5.41, 5.74) is 4.55. The molecule has 0 saturated carbocycles. The number of pyridine rings is 1. The Morgan fingerprint density at radius 2 is 2.00 bits per heavy atom. The van der Waals surface area contributed by atoms with E-state index in [1.807, 2.05) is 30.3 Å². The van der Waals surface area contributed by atoms with Crippen LogP contribution in [0.25, 0.3) is 16.9 Å². The van der Waals surface area contributed by atoms with Gasteiger partial charge in [-0.05, 0) is 25.1 Å². The van der Waals surface area contributed by atoms with E-state index in [2.05, 4.69) is 21.1 Å². The average molecular weight is 558 g/mol. The van der Waals surface area contributed by atoms with Crippen LogP contribution in [-0.2, 0) is 14.4 Å². The molecule has 1 atom stereocenters. The molecule has 0 spiro atoms. The number of hydrogen-bond acceptors (Lipinski definition) is 9. The second kappa shape index (κ2) is 13.8. The first kappa shape index (κ1) is 28.9. The van der Waals surface area contributed by atoms with Crippen LogP contribution < -0.4 is 20.9 Å². The van der Waals surface area contributed by atoms with Crippen molar-refractivity contribution < 1.29 is 33.1 Å². The second-order valence-electron chi connectivity index (χ2n) is 8.79. The predicted octanol–water partition coefficient (Wildman–Crippen LogP) is 2.27. The van der Waals surface area contributed by atoms with Gasteiger partial charge in [-0.3, -0.25) is 19.8 Å². The number of nitrogens with one attached hydrogen (secondary N) is 3. The SMILES string of the molecule is COCCN1C[C@@H](NC(=O)Nc2c(C)c(-c3cnc(OC)c(C(=O)NOCCF)c3)nn2-c2ccccc2)CO1. The highest BCUT2D eigenvalue weighted by Gasteiger charge is 2.27. The number of methoxy groups -OCH3 is 2. The molecule has 0 aliphatic carbocycles. The summed E-state index contributed by atoms with van der Waals surface area (Å²) in [6.07, 6.45) is 1.51. The van der Waals surface area contributed by atoms with Crippen molar-refractivity contribution in [3.63, 3.8) is 0 Å². The molecule has 4 rings (SSSR count). The van der Waals surface area contributed by atoms with Crippen molar-refractivity contribution in [3.05, 3.63) is 53.7 Å². The van der Waals surface area contributed by atoms with Crippen LogP contribution >= 0.6 is 0 Å². The number of carbonyl (C=O) groups excluding carboxylic acids is 2. The van der Waals surface area contributed by atoms with Crippen LogP contribution in [0, 0.1) is 6.92 Å². The van der Waals surface area contributed by atoms with Crippen molar-refractivity contribution in [1.82, 2.24) is 30.6 Å². The fraction of sp³-hybridized carbons (Fsp3) is 0.385. The Morgan fingerprint density at radius 3 is 2.73 bits per heavy atom. The quantitative estimate of drug-likeness (QED) is 0.226. The maximum absolute atomic E-state index is 13.0. The van der Waals surface area contributed by atoms with Crippen LogP contribution in [0.4, 0.5) is 15.0 Å². The molecule has 3 aromatic rings. The number of rotatable bonds is 12. The van der Waals surface area contributed by atoms with Crippen LogP contribution in [0.15, 0.2) is 42.6 Å². The molecule has 3 N–H and O–H groups in total. The normalized spacial score (nSPS) is 15.2. The van der Waals surface area contributed by atoms with Crippen molar-refractivity contribution in [3.8, 4) is 22.8 Å². The lowest BCUT2D eigenvalue weighted by Crippen LogP contribution is -2.41. The number of nitrogens with zero attached hydrogens (tertiary/aromatic N) is 4. The van der Waals surface area contributed by atoms with Gasteiger partial charge in [-0.1, -0.05) is 18.2 Å². The molecule has 1 aliphatic heterocycles. The minimum Gasteiger partial charge on any atom is -0.480 e. The van der Waals surface area contributed by atoms with Crippen LogP contribution in [0.5, 0.6) is 5.88 Å². The summed E-state index contributed by atoms with van der Waals surface area (Å²) >= 11 is 0. The van der Waals surface area contributed by atoms with Crippen LogP contribution in [0.1, 0.15) is 15.9 Å². The molecule has 14 heteroatoms. The summed E-state index contributed by atoms with van der Waals surface area (Å²) in [6.45, 7) is 2.73. The standard InChI is InChI=1S/C26H32FN7O6/c1-17-22(18-13-21(25(38-3)28-14-18)24(35)32-39-11-9-27)31-34(20-7-5-4-6-8-20)23(17)30-26(36)29-19-15-33(40-16-19)10-12-37-2/h4-8,13-14,19H,9-12,15-16H2,1-3H3,(H,32,35)(H2,29,30,36)/t19-/m1/s1. The molecule has 1 saturated heterocycles. The smallest absolute Gasteiger partial charge is 0.320 e. The van der Waals surface area contributed by atoms with Gasteiger partial charge in [0, 0.05) is 37.5 Å². The van der Waals surface area contributed by atoms with Gasteiger partial charge < -0.3 is 14.8 Å². The van der Waals surface area contributed by atoms with E-state index in [-0.39, 0.29) is 24.1 Å². The van der Waals surface area contributed by atoms with Gasteiger partial charge in [0.1, 0.15) is 24.7 Å². The molecule has 3 heterocycles. The third-order valence-electron chi connectivity index (χ3n) is 6.02. The summed E-state index contributed by atoms with van der Waals surface area (Å²) < 4.78 is 24.3. The molecule has 0 unspecified atom stereocenters. The Morgan fingerprint density at radius 1 is 1.20 bits per heavy atom. The lowest BCUT2D eigenvalue weighted by Gasteiger charge is -2.15. The zero-order valence-electron chi connectivity index (χ0n) is 22.5. The molecule has 0 radical (unpaired) electrons. The molecule has 0 bridgehead atoms. The monoisotopic (exact) mass is 557 g/mol. The van der Waals surface area contributed by atoms with Gasteiger partial charge in [-0.15, -0.1) is 0 Å². The lowest BCUT2D eigenvalue weighted by molar-refractivity contribution is -0.118. The minimum atomic E-state index is -0.755. The molecule has 13 nitrogen and oxygen atoms in total. The van der Waals surface area contributed by atoms with E-state index in [4.69, 9.17) is 24.2 Å². The molecular formula is C26H32FN7O6. The van der Waals surface area contributed by atoms with Crippen molar-refractivity contribution in [2.75, 3.05) is 59.1 Å². The number of benzene rings is 1. The molecule has 1 aliphatic rings. The summed E-state index contributed by atoms with van der Waals surface area (Å²) in [7, 11) is 3.00. The van der Waals surface area contributed by atoms with Gasteiger partial charge in [-0.25, -0.2) is 24.3 Å². The Balaban J connectivity index is 1.61. The molecule has 2 aromatic heterocycles. The zero-order valence-corrected chi connectivity index (χ0v) is 22.5. The second-order valence-corrected chi connectivity index (χ2v) is 8.79. The number of alkyl halides is 1. The fourth-order valence-corrected chi connectivity index (χ4v) is 4.10. The summed E-state index contributed by atoms with van der Waals surface area (Å²) in [5, 5.41) is 12.3. The van der Waals surface area contributed by atoms with E-state index in [9.17, 15) is 14.0 Å². The number of ether oxygens (including phenoxy) is 2. The topological polar surface area (TPSA) is 141 Å². The fourth-order valence-electron chi connectivity index (χ4n) is 4.10. The van der Waals surface area contributed by atoms with E-state index in [1.54, 1.807) is 29.8 Å². The highest BCUT2D eigenvalue weighted by atomic mass is 19.1. The molecule has 1 aromatic carbocycles. The van der Waals surface area contributed by atoms with E-state index in [1.165, 1.54) is 13.3 Å². The maximum atomic E-state index is 13.0. The number of para-hydroxylation sites is 1. The largest absolute Gasteiger partial charge is 0.480 e. The summed E-state index contributed by atoms with van der Waals surface area (Å²) in [4.78, 5) is 40.4. The first-order valence-electron chi connectivity index (χ1n) is 12.6. The average Bonchev–Trinajstić information content (AvgIpc) is 3.55. The van der Waals surface area contributed by atoms with E-state index in [0.29, 0.717) is 54.6 Å². The third kappa shape index (κ3) is 6.90. The van der Waals surface area contributed by atoms with Crippen molar-refractivity contribution in [2.24, 2.45) is 0 Å². The number of aromatic nitrogens is 3. The Labute approximate surface area is 230 Å². The molecule has 40 heavy (non-hydrogen) atoms. The molecule has 3 amide bonds. The molecule has 1 fully saturated rings. The number of hydroxylamine groups is 3. The number of carbonyl (C=O) groups is 2. The molecular weight excluding hydrogens is 525 g/mol. The van der Waals surface area contributed by atoms with Crippen molar-refractivity contribution in [1.29, 1.82) is 0 Å². The van der Waals surface area contributed by atoms with Crippen LogP contribution in [-0.4, -0.2) is 91.6 Å². The highest BCUT2D eigenvalue weighted by Crippen LogP contribution is 2.32. The van der Waals surface area contributed by atoms with Gasteiger partial charge in [0.15, 0.2) is 0 Å². The number of urea groups is 1. The van der Waals surface area contributed by atoms with E-state index < -0.39 is 18.6 Å².